The molecule has 1 aliphatic rings. The lowest BCUT2D eigenvalue weighted by Gasteiger charge is -2.34. The highest BCUT2D eigenvalue weighted by Gasteiger charge is 2.18. The Balaban J connectivity index is 1.50. The predicted octanol–water partition coefficient (Wildman–Crippen LogP) is 1.88. The molecule has 0 spiro atoms. The van der Waals surface area contributed by atoms with Crippen LogP contribution >= 0.6 is 0 Å². The fourth-order valence-electron chi connectivity index (χ4n) is 2.85. The van der Waals surface area contributed by atoms with Crippen molar-refractivity contribution in [1.82, 2.24) is 19.6 Å². The number of aryl methyl sites for hydroxylation is 1. The zero-order valence-corrected chi connectivity index (χ0v) is 13.3. The SMILES string of the molecule is Cc1ccccc1CN1CCN(Cn2cc([N+](=O)[O-])cn2)CC1. The van der Waals surface area contributed by atoms with Crippen molar-refractivity contribution in [3.8, 4) is 0 Å². The van der Waals surface area contributed by atoms with Gasteiger partial charge in [-0.25, -0.2) is 0 Å². The maximum Gasteiger partial charge on any atom is 0.307 e. The van der Waals surface area contributed by atoms with Gasteiger partial charge in [0.05, 0.1) is 11.6 Å². The molecule has 0 aliphatic carbocycles. The molecular formula is C16H21N5O2. The maximum atomic E-state index is 10.7. The number of hydrogen-bond acceptors (Lipinski definition) is 5. The molecule has 2 heterocycles. The minimum atomic E-state index is -0.413. The first-order valence-electron chi connectivity index (χ1n) is 7.78. The van der Waals surface area contributed by atoms with E-state index in [0.29, 0.717) is 6.67 Å². The molecule has 1 aliphatic heterocycles. The Labute approximate surface area is 135 Å². The number of benzene rings is 1. The summed E-state index contributed by atoms with van der Waals surface area (Å²) in [6, 6.07) is 8.49. The molecule has 7 nitrogen and oxygen atoms in total. The van der Waals surface area contributed by atoms with Crippen LogP contribution in [0.25, 0.3) is 0 Å². The van der Waals surface area contributed by atoms with Gasteiger partial charge < -0.3 is 0 Å². The van der Waals surface area contributed by atoms with E-state index in [1.165, 1.54) is 23.5 Å². The van der Waals surface area contributed by atoms with E-state index in [2.05, 4.69) is 46.1 Å². The van der Waals surface area contributed by atoms with Gasteiger partial charge >= 0.3 is 5.69 Å². The average molecular weight is 315 g/mol. The number of rotatable bonds is 5. The predicted molar refractivity (Wildman–Crippen MR) is 86.9 cm³/mol. The molecule has 3 rings (SSSR count). The molecule has 23 heavy (non-hydrogen) atoms. The van der Waals surface area contributed by atoms with E-state index in [9.17, 15) is 10.1 Å². The third-order valence-electron chi connectivity index (χ3n) is 4.30. The van der Waals surface area contributed by atoms with Crippen molar-refractivity contribution in [1.29, 1.82) is 0 Å². The van der Waals surface area contributed by atoms with E-state index in [4.69, 9.17) is 0 Å². The standard InChI is InChI=1S/C16H21N5O2/c1-14-4-2-3-5-15(14)11-18-6-8-19(9-7-18)13-20-12-16(10-17-20)21(22)23/h2-5,10,12H,6-9,11,13H2,1H3. The van der Waals surface area contributed by atoms with Gasteiger partial charge in [0.1, 0.15) is 12.4 Å². The Morgan fingerprint density at radius 2 is 1.87 bits per heavy atom. The second kappa shape index (κ2) is 6.89. The maximum absolute atomic E-state index is 10.7. The van der Waals surface area contributed by atoms with E-state index in [0.717, 1.165) is 32.7 Å². The highest BCUT2D eigenvalue weighted by Crippen LogP contribution is 2.13. The van der Waals surface area contributed by atoms with Crippen molar-refractivity contribution in [2.75, 3.05) is 26.2 Å². The zero-order valence-electron chi connectivity index (χ0n) is 13.3. The van der Waals surface area contributed by atoms with Crippen molar-refractivity contribution in [3.05, 3.63) is 57.9 Å². The van der Waals surface area contributed by atoms with Gasteiger partial charge in [0.15, 0.2) is 0 Å². The first-order chi connectivity index (χ1) is 11.1. The zero-order chi connectivity index (χ0) is 16.2. The molecular weight excluding hydrogens is 294 g/mol. The van der Waals surface area contributed by atoms with Crippen LogP contribution in [0.5, 0.6) is 0 Å². The molecule has 1 aromatic carbocycles. The molecule has 122 valence electrons. The fourth-order valence-corrected chi connectivity index (χ4v) is 2.85. The molecule has 0 amide bonds. The van der Waals surface area contributed by atoms with Crippen molar-refractivity contribution >= 4 is 5.69 Å². The summed E-state index contributed by atoms with van der Waals surface area (Å²) in [5, 5.41) is 14.7. The number of hydrogen-bond donors (Lipinski definition) is 0. The van der Waals surface area contributed by atoms with Crippen molar-refractivity contribution < 1.29 is 4.92 Å². The lowest BCUT2D eigenvalue weighted by Crippen LogP contribution is -2.46. The largest absolute Gasteiger partial charge is 0.307 e. The average Bonchev–Trinajstić information content (AvgIpc) is 3.00. The van der Waals surface area contributed by atoms with Gasteiger partial charge in [-0.15, -0.1) is 0 Å². The second-order valence-electron chi connectivity index (χ2n) is 5.96. The molecule has 0 radical (unpaired) electrons. The van der Waals surface area contributed by atoms with Crippen LogP contribution in [0.15, 0.2) is 36.7 Å². The normalized spacial score (nSPS) is 16.6. The Morgan fingerprint density at radius 3 is 2.52 bits per heavy atom. The summed E-state index contributed by atoms with van der Waals surface area (Å²) in [6.45, 7) is 7.62. The van der Waals surface area contributed by atoms with Crippen LogP contribution < -0.4 is 0 Å². The van der Waals surface area contributed by atoms with Gasteiger partial charge in [-0.1, -0.05) is 24.3 Å². The molecule has 0 unspecified atom stereocenters. The van der Waals surface area contributed by atoms with Crippen molar-refractivity contribution in [2.45, 2.75) is 20.1 Å². The topological polar surface area (TPSA) is 67.4 Å². The van der Waals surface area contributed by atoms with E-state index < -0.39 is 4.92 Å². The Morgan fingerprint density at radius 1 is 1.17 bits per heavy atom. The van der Waals surface area contributed by atoms with Crippen molar-refractivity contribution in [2.24, 2.45) is 0 Å². The molecule has 0 atom stereocenters. The van der Waals surface area contributed by atoms with Gasteiger partial charge in [0.2, 0.25) is 0 Å². The highest BCUT2D eigenvalue weighted by atomic mass is 16.6. The number of nitrogens with zero attached hydrogens (tertiary/aromatic N) is 5. The summed E-state index contributed by atoms with van der Waals surface area (Å²) < 4.78 is 1.63. The molecule has 1 aromatic heterocycles. The Bertz CT molecular complexity index is 677. The number of piperazine rings is 1. The number of nitro groups is 1. The molecule has 0 N–H and O–H groups in total. The summed E-state index contributed by atoms with van der Waals surface area (Å²) >= 11 is 0. The molecule has 2 aromatic rings. The number of aromatic nitrogens is 2. The van der Waals surface area contributed by atoms with Gasteiger partial charge in [-0.05, 0) is 18.1 Å². The van der Waals surface area contributed by atoms with Gasteiger partial charge in [0, 0.05) is 32.7 Å². The van der Waals surface area contributed by atoms with Crippen LogP contribution in [0.1, 0.15) is 11.1 Å². The van der Waals surface area contributed by atoms with Gasteiger partial charge in [-0.2, -0.15) is 5.10 Å². The second-order valence-corrected chi connectivity index (χ2v) is 5.96. The first-order valence-corrected chi connectivity index (χ1v) is 7.78. The summed E-state index contributed by atoms with van der Waals surface area (Å²) in [6.07, 6.45) is 2.79. The minimum absolute atomic E-state index is 0.0446. The summed E-state index contributed by atoms with van der Waals surface area (Å²) in [5.41, 5.74) is 2.76. The molecule has 1 fully saturated rings. The fraction of sp³-hybridized carbons (Fsp3) is 0.438. The van der Waals surface area contributed by atoms with Crippen LogP contribution in [0.2, 0.25) is 0 Å². The summed E-state index contributed by atoms with van der Waals surface area (Å²) in [4.78, 5) is 15.0. The summed E-state index contributed by atoms with van der Waals surface area (Å²) in [5.74, 6) is 0. The highest BCUT2D eigenvalue weighted by molar-refractivity contribution is 5.25. The van der Waals surface area contributed by atoms with E-state index in [1.54, 1.807) is 4.68 Å². The Hall–Kier alpha value is -2.25. The van der Waals surface area contributed by atoms with Crippen LogP contribution in [-0.4, -0.2) is 50.7 Å². The smallest absolute Gasteiger partial charge is 0.297 e. The quantitative estimate of drug-likeness (QED) is 0.622. The van der Waals surface area contributed by atoms with Gasteiger partial charge in [-0.3, -0.25) is 24.6 Å². The van der Waals surface area contributed by atoms with Crippen LogP contribution in [-0.2, 0) is 13.2 Å². The van der Waals surface area contributed by atoms with Gasteiger partial charge in [0.25, 0.3) is 0 Å². The third-order valence-corrected chi connectivity index (χ3v) is 4.30. The summed E-state index contributed by atoms with van der Waals surface area (Å²) in [7, 11) is 0. The van der Waals surface area contributed by atoms with Crippen molar-refractivity contribution in [3.63, 3.8) is 0 Å². The molecule has 0 bridgehead atoms. The third kappa shape index (κ3) is 3.94. The van der Waals surface area contributed by atoms with E-state index >= 15 is 0 Å². The first kappa shape index (κ1) is 15.6. The van der Waals surface area contributed by atoms with Crippen LogP contribution in [0.4, 0.5) is 5.69 Å². The van der Waals surface area contributed by atoms with Crippen LogP contribution in [0.3, 0.4) is 0 Å². The lowest BCUT2D eigenvalue weighted by molar-refractivity contribution is -0.385. The minimum Gasteiger partial charge on any atom is -0.297 e. The van der Waals surface area contributed by atoms with E-state index in [1.807, 2.05) is 0 Å². The lowest BCUT2D eigenvalue weighted by atomic mass is 10.1. The van der Waals surface area contributed by atoms with Crippen LogP contribution in [0, 0.1) is 17.0 Å². The molecule has 7 heteroatoms. The molecule has 1 saturated heterocycles. The van der Waals surface area contributed by atoms with E-state index in [-0.39, 0.29) is 5.69 Å². The monoisotopic (exact) mass is 315 g/mol. The Kier molecular flexibility index (Phi) is 4.68. The molecule has 0 saturated carbocycles.